The van der Waals surface area contributed by atoms with E-state index in [1.165, 1.54) is 11.1 Å². The Bertz CT molecular complexity index is 617. The van der Waals surface area contributed by atoms with E-state index in [-0.39, 0.29) is 10.8 Å². The molecule has 21 heavy (non-hydrogen) atoms. The topological polar surface area (TPSA) is 39.9 Å². The fourth-order valence-electron chi connectivity index (χ4n) is 2.32. The molecule has 2 aromatic rings. The zero-order valence-electron chi connectivity index (χ0n) is 14.1. The van der Waals surface area contributed by atoms with Crippen molar-refractivity contribution in [3.8, 4) is 11.4 Å². The van der Waals surface area contributed by atoms with E-state index >= 15 is 0 Å². The van der Waals surface area contributed by atoms with E-state index in [1.54, 1.807) is 24.4 Å². The van der Waals surface area contributed by atoms with Gasteiger partial charge < -0.3 is 4.74 Å². The molecule has 1 aromatic carbocycles. The Labute approximate surface area is 127 Å². The molecule has 4 nitrogen and oxygen atoms in total. The summed E-state index contributed by atoms with van der Waals surface area (Å²) in [6, 6.07) is 4.39. The zero-order chi connectivity index (χ0) is 15.8. The summed E-state index contributed by atoms with van der Waals surface area (Å²) in [4.78, 5) is 4.05. The normalized spacial score (nSPS) is 12.5. The Morgan fingerprint density at radius 3 is 2.10 bits per heavy atom. The van der Waals surface area contributed by atoms with Crippen LogP contribution in [0.15, 0.2) is 24.8 Å². The highest BCUT2D eigenvalue weighted by Gasteiger charge is 2.26. The predicted octanol–water partition coefficient (Wildman–Crippen LogP) is 3.87. The SMILES string of the molecule is COc1c(-n2cncn2)cc(C(C)(C)C)cc1C(C)(C)C. The van der Waals surface area contributed by atoms with E-state index in [1.807, 2.05) is 0 Å². The molecule has 1 heterocycles. The number of aromatic nitrogens is 3. The molecule has 0 unspecified atom stereocenters. The van der Waals surface area contributed by atoms with Crippen molar-refractivity contribution in [1.29, 1.82) is 0 Å². The van der Waals surface area contributed by atoms with Crippen LogP contribution in [0.3, 0.4) is 0 Å². The fourth-order valence-corrected chi connectivity index (χ4v) is 2.32. The van der Waals surface area contributed by atoms with Gasteiger partial charge in [-0.25, -0.2) is 9.67 Å². The van der Waals surface area contributed by atoms with Crippen LogP contribution in [0, 0.1) is 0 Å². The molecule has 2 rings (SSSR count). The molecule has 0 aliphatic heterocycles. The summed E-state index contributed by atoms with van der Waals surface area (Å²) in [5.41, 5.74) is 3.43. The van der Waals surface area contributed by atoms with Crippen molar-refractivity contribution in [1.82, 2.24) is 14.8 Å². The highest BCUT2D eigenvalue weighted by atomic mass is 16.5. The molecule has 0 atom stereocenters. The van der Waals surface area contributed by atoms with E-state index < -0.39 is 0 Å². The number of methoxy groups -OCH3 is 1. The highest BCUT2D eigenvalue weighted by Crippen LogP contribution is 2.39. The second-order valence-corrected chi connectivity index (χ2v) is 7.42. The first-order chi connectivity index (χ1) is 9.64. The number of benzene rings is 1. The van der Waals surface area contributed by atoms with Gasteiger partial charge in [0.15, 0.2) is 0 Å². The minimum Gasteiger partial charge on any atom is -0.494 e. The highest BCUT2D eigenvalue weighted by molar-refractivity contribution is 5.57. The Hall–Kier alpha value is -1.84. The third kappa shape index (κ3) is 3.09. The van der Waals surface area contributed by atoms with Gasteiger partial charge in [0.25, 0.3) is 0 Å². The van der Waals surface area contributed by atoms with Crippen molar-refractivity contribution >= 4 is 0 Å². The molecule has 1 aromatic heterocycles. The molecule has 0 aliphatic rings. The summed E-state index contributed by atoms with van der Waals surface area (Å²) in [6.45, 7) is 13.2. The second-order valence-electron chi connectivity index (χ2n) is 7.42. The predicted molar refractivity (Wildman–Crippen MR) is 85.3 cm³/mol. The lowest BCUT2D eigenvalue weighted by atomic mass is 9.79. The Morgan fingerprint density at radius 2 is 1.67 bits per heavy atom. The molecule has 0 saturated carbocycles. The van der Waals surface area contributed by atoms with Gasteiger partial charge in [0.2, 0.25) is 0 Å². The second kappa shape index (κ2) is 5.17. The van der Waals surface area contributed by atoms with Gasteiger partial charge in [-0.3, -0.25) is 0 Å². The minimum atomic E-state index is -0.0120. The lowest BCUT2D eigenvalue weighted by Gasteiger charge is -2.28. The van der Waals surface area contributed by atoms with Gasteiger partial charge in [-0.1, -0.05) is 47.6 Å². The van der Waals surface area contributed by atoms with Gasteiger partial charge >= 0.3 is 0 Å². The molecule has 0 aliphatic carbocycles. The molecule has 0 fully saturated rings. The summed E-state index contributed by atoms with van der Waals surface area (Å²) >= 11 is 0. The number of hydrogen-bond donors (Lipinski definition) is 0. The first kappa shape index (κ1) is 15.5. The van der Waals surface area contributed by atoms with Crippen LogP contribution in [0.1, 0.15) is 52.7 Å². The van der Waals surface area contributed by atoms with Crippen molar-refractivity contribution in [2.24, 2.45) is 0 Å². The molecule has 0 bridgehead atoms. The van der Waals surface area contributed by atoms with Gasteiger partial charge in [0, 0.05) is 5.56 Å². The minimum absolute atomic E-state index is 0.0120. The van der Waals surface area contributed by atoms with Crippen LogP contribution < -0.4 is 4.74 Å². The molecule has 0 amide bonds. The van der Waals surface area contributed by atoms with Gasteiger partial charge in [0.1, 0.15) is 24.1 Å². The van der Waals surface area contributed by atoms with Gasteiger partial charge in [0.05, 0.1) is 7.11 Å². The first-order valence-electron chi connectivity index (χ1n) is 7.22. The number of rotatable bonds is 2. The standard InChI is InChI=1S/C17H25N3O/c1-16(2,3)12-8-13(17(4,5)6)15(21-7)14(9-12)20-11-18-10-19-20/h8-11H,1-7H3. The van der Waals surface area contributed by atoms with Crippen LogP contribution in [-0.4, -0.2) is 21.9 Å². The van der Waals surface area contributed by atoms with Crippen LogP contribution in [-0.2, 0) is 10.8 Å². The van der Waals surface area contributed by atoms with Crippen molar-refractivity contribution in [3.05, 3.63) is 35.9 Å². The lowest BCUT2D eigenvalue weighted by Crippen LogP contribution is -2.19. The average molecular weight is 287 g/mol. The lowest BCUT2D eigenvalue weighted by molar-refractivity contribution is 0.393. The van der Waals surface area contributed by atoms with Crippen molar-refractivity contribution < 1.29 is 4.74 Å². The monoisotopic (exact) mass is 287 g/mol. The van der Waals surface area contributed by atoms with Crippen LogP contribution in [0.4, 0.5) is 0 Å². The maximum Gasteiger partial charge on any atom is 0.148 e. The van der Waals surface area contributed by atoms with E-state index in [2.05, 4.69) is 63.8 Å². The molecule has 0 saturated heterocycles. The Morgan fingerprint density at radius 1 is 1.00 bits per heavy atom. The third-order valence-corrected chi connectivity index (χ3v) is 3.61. The molecular formula is C17H25N3O. The van der Waals surface area contributed by atoms with Gasteiger partial charge in [-0.2, -0.15) is 5.10 Å². The van der Waals surface area contributed by atoms with Crippen molar-refractivity contribution in [2.45, 2.75) is 52.4 Å². The molecule has 4 heteroatoms. The van der Waals surface area contributed by atoms with E-state index in [0.29, 0.717) is 0 Å². The molecule has 0 spiro atoms. The zero-order valence-corrected chi connectivity index (χ0v) is 14.1. The molecule has 114 valence electrons. The third-order valence-electron chi connectivity index (χ3n) is 3.61. The summed E-state index contributed by atoms with van der Waals surface area (Å²) in [6.07, 6.45) is 3.25. The Balaban J connectivity index is 2.79. The number of ether oxygens (including phenoxy) is 1. The number of hydrogen-bond acceptors (Lipinski definition) is 3. The van der Waals surface area contributed by atoms with Gasteiger partial charge in [-0.05, 0) is 22.5 Å². The molecule has 0 radical (unpaired) electrons. The van der Waals surface area contributed by atoms with E-state index in [4.69, 9.17) is 4.74 Å². The summed E-state index contributed by atoms with van der Waals surface area (Å²) in [7, 11) is 1.71. The molecule has 0 N–H and O–H groups in total. The quantitative estimate of drug-likeness (QED) is 0.841. The van der Waals surface area contributed by atoms with Crippen LogP contribution in [0.2, 0.25) is 0 Å². The van der Waals surface area contributed by atoms with E-state index in [0.717, 1.165) is 11.4 Å². The van der Waals surface area contributed by atoms with Crippen molar-refractivity contribution in [2.75, 3.05) is 7.11 Å². The Kier molecular flexibility index (Phi) is 3.83. The average Bonchev–Trinajstić information content (AvgIpc) is 2.88. The largest absolute Gasteiger partial charge is 0.494 e. The fraction of sp³-hybridized carbons (Fsp3) is 0.529. The maximum absolute atomic E-state index is 5.71. The summed E-state index contributed by atoms with van der Waals surface area (Å²) in [5, 5.41) is 4.27. The summed E-state index contributed by atoms with van der Waals surface area (Å²) in [5.74, 6) is 0.862. The smallest absolute Gasteiger partial charge is 0.148 e. The van der Waals surface area contributed by atoms with Crippen LogP contribution in [0.5, 0.6) is 5.75 Å². The van der Waals surface area contributed by atoms with E-state index in [9.17, 15) is 0 Å². The molecular weight excluding hydrogens is 262 g/mol. The first-order valence-corrected chi connectivity index (χ1v) is 7.22. The van der Waals surface area contributed by atoms with Crippen LogP contribution >= 0.6 is 0 Å². The van der Waals surface area contributed by atoms with Crippen molar-refractivity contribution in [3.63, 3.8) is 0 Å². The number of nitrogens with zero attached hydrogens (tertiary/aromatic N) is 3. The maximum atomic E-state index is 5.71. The van der Waals surface area contributed by atoms with Crippen LogP contribution in [0.25, 0.3) is 5.69 Å². The van der Waals surface area contributed by atoms with Gasteiger partial charge in [-0.15, -0.1) is 0 Å². The summed E-state index contributed by atoms with van der Waals surface area (Å²) < 4.78 is 7.47.